The van der Waals surface area contributed by atoms with Gasteiger partial charge in [-0.1, -0.05) is 48.0 Å². The first-order valence-electron chi connectivity index (χ1n) is 7.70. The molecule has 0 atom stereocenters. The highest BCUT2D eigenvalue weighted by molar-refractivity contribution is 7.20. The minimum Gasteiger partial charge on any atom is -0.484 e. The number of carbonyl (C=O) groups is 2. The fourth-order valence-electron chi connectivity index (χ4n) is 2.28. The molecule has 0 aliphatic heterocycles. The van der Waals surface area contributed by atoms with E-state index in [1.807, 2.05) is 30.3 Å². The number of carbonyl (C=O) groups excluding carboxylic acids is 2. The largest absolute Gasteiger partial charge is 0.484 e. The Morgan fingerprint density at radius 3 is 2.54 bits per heavy atom. The van der Waals surface area contributed by atoms with Crippen LogP contribution >= 0.6 is 22.9 Å². The van der Waals surface area contributed by atoms with E-state index >= 15 is 0 Å². The molecule has 2 aromatic carbocycles. The monoisotopic (exact) mass is 386 g/mol. The summed E-state index contributed by atoms with van der Waals surface area (Å²) in [6.07, 6.45) is 0. The number of primary amides is 1. The first-order chi connectivity index (χ1) is 12.5. The molecule has 0 fully saturated rings. The molecule has 3 aromatic rings. The van der Waals surface area contributed by atoms with E-state index in [0.29, 0.717) is 15.8 Å². The van der Waals surface area contributed by atoms with Gasteiger partial charge in [0.1, 0.15) is 10.8 Å². The standard InChI is InChI=1S/C19H15ClN2O3S/c20-13-7-4-8-14(9-13)25-11-17(23)22-19-15(18(21)24)10-16(26-19)12-5-2-1-3-6-12/h1-10H,11H2,(H2,21,24)(H,22,23). The van der Waals surface area contributed by atoms with E-state index in [1.54, 1.807) is 30.3 Å². The van der Waals surface area contributed by atoms with Gasteiger partial charge in [-0.25, -0.2) is 0 Å². The summed E-state index contributed by atoms with van der Waals surface area (Å²) >= 11 is 7.16. The van der Waals surface area contributed by atoms with Crippen LogP contribution in [0, 0.1) is 0 Å². The van der Waals surface area contributed by atoms with Gasteiger partial charge in [0.2, 0.25) is 0 Å². The molecular weight excluding hydrogens is 372 g/mol. The summed E-state index contributed by atoms with van der Waals surface area (Å²) in [6.45, 7) is -0.211. The van der Waals surface area contributed by atoms with Gasteiger partial charge in [0, 0.05) is 9.90 Å². The summed E-state index contributed by atoms with van der Waals surface area (Å²) in [7, 11) is 0. The lowest BCUT2D eigenvalue weighted by Gasteiger charge is -2.07. The highest BCUT2D eigenvalue weighted by atomic mass is 35.5. The molecule has 0 aliphatic rings. The summed E-state index contributed by atoms with van der Waals surface area (Å²) in [6, 6.07) is 18.0. The van der Waals surface area contributed by atoms with E-state index in [-0.39, 0.29) is 12.2 Å². The SMILES string of the molecule is NC(=O)c1cc(-c2ccccc2)sc1NC(=O)COc1cccc(Cl)c1. The summed E-state index contributed by atoms with van der Waals surface area (Å²) < 4.78 is 5.40. The number of hydrogen-bond donors (Lipinski definition) is 2. The van der Waals surface area contributed by atoms with Gasteiger partial charge in [0.25, 0.3) is 11.8 Å². The Labute approximate surface area is 159 Å². The number of hydrogen-bond acceptors (Lipinski definition) is 4. The van der Waals surface area contributed by atoms with Gasteiger partial charge in [0.05, 0.1) is 5.56 Å². The fraction of sp³-hybridized carbons (Fsp3) is 0.0526. The van der Waals surface area contributed by atoms with E-state index in [2.05, 4.69) is 5.32 Å². The first kappa shape index (κ1) is 18.0. The molecule has 132 valence electrons. The molecule has 3 rings (SSSR count). The van der Waals surface area contributed by atoms with Crippen LogP contribution in [0.25, 0.3) is 10.4 Å². The molecule has 0 unspecified atom stereocenters. The molecule has 0 saturated heterocycles. The zero-order chi connectivity index (χ0) is 18.5. The predicted octanol–water partition coefficient (Wildman–Crippen LogP) is 4.18. The van der Waals surface area contributed by atoms with E-state index in [9.17, 15) is 9.59 Å². The van der Waals surface area contributed by atoms with Crippen LogP contribution in [-0.2, 0) is 4.79 Å². The number of nitrogens with one attached hydrogen (secondary N) is 1. The van der Waals surface area contributed by atoms with E-state index in [1.165, 1.54) is 11.3 Å². The van der Waals surface area contributed by atoms with E-state index in [0.717, 1.165) is 10.4 Å². The van der Waals surface area contributed by atoms with Crippen LogP contribution in [0.4, 0.5) is 5.00 Å². The van der Waals surface area contributed by atoms with Gasteiger partial charge < -0.3 is 15.8 Å². The van der Waals surface area contributed by atoms with Crippen LogP contribution in [-0.4, -0.2) is 18.4 Å². The van der Waals surface area contributed by atoms with Crippen LogP contribution in [0.2, 0.25) is 5.02 Å². The summed E-state index contributed by atoms with van der Waals surface area (Å²) in [4.78, 5) is 24.7. The molecule has 0 bridgehead atoms. The Morgan fingerprint density at radius 2 is 1.85 bits per heavy atom. The molecule has 2 amide bonds. The molecule has 0 aliphatic carbocycles. The second-order valence-corrected chi connectivity index (χ2v) is 6.87. The smallest absolute Gasteiger partial charge is 0.262 e. The molecule has 1 aromatic heterocycles. The molecule has 5 nitrogen and oxygen atoms in total. The van der Waals surface area contributed by atoms with E-state index < -0.39 is 11.8 Å². The second kappa shape index (κ2) is 8.03. The minimum absolute atomic E-state index is 0.211. The number of ether oxygens (including phenoxy) is 1. The second-order valence-electron chi connectivity index (χ2n) is 5.38. The number of benzene rings is 2. The van der Waals surface area contributed by atoms with E-state index in [4.69, 9.17) is 22.1 Å². The first-order valence-corrected chi connectivity index (χ1v) is 8.89. The Bertz CT molecular complexity index is 941. The van der Waals surface area contributed by atoms with Crippen molar-refractivity contribution in [1.82, 2.24) is 0 Å². The highest BCUT2D eigenvalue weighted by Gasteiger charge is 2.17. The molecule has 7 heteroatoms. The number of amides is 2. The zero-order valence-electron chi connectivity index (χ0n) is 13.6. The van der Waals surface area contributed by atoms with Crippen molar-refractivity contribution in [2.75, 3.05) is 11.9 Å². The molecule has 3 N–H and O–H groups in total. The highest BCUT2D eigenvalue weighted by Crippen LogP contribution is 2.35. The zero-order valence-corrected chi connectivity index (χ0v) is 15.1. The average Bonchev–Trinajstić information content (AvgIpc) is 3.05. The summed E-state index contributed by atoms with van der Waals surface area (Å²) in [5.41, 5.74) is 6.64. The number of rotatable bonds is 6. The van der Waals surface area contributed by atoms with Gasteiger partial charge >= 0.3 is 0 Å². The third kappa shape index (κ3) is 4.41. The van der Waals surface area contributed by atoms with Crippen LogP contribution in [0.1, 0.15) is 10.4 Å². The lowest BCUT2D eigenvalue weighted by atomic mass is 10.1. The van der Waals surface area contributed by atoms with Gasteiger partial charge in [-0.3, -0.25) is 9.59 Å². The summed E-state index contributed by atoms with van der Waals surface area (Å²) in [5.74, 6) is -0.512. The maximum atomic E-state index is 12.2. The topological polar surface area (TPSA) is 81.4 Å². The van der Waals surface area contributed by atoms with Crippen molar-refractivity contribution in [2.24, 2.45) is 5.73 Å². The van der Waals surface area contributed by atoms with Gasteiger partial charge in [-0.2, -0.15) is 0 Å². The number of nitrogens with two attached hydrogens (primary N) is 1. The predicted molar refractivity (Wildman–Crippen MR) is 104 cm³/mol. The fourth-order valence-corrected chi connectivity index (χ4v) is 3.55. The average molecular weight is 387 g/mol. The van der Waals surface area contributed by atoms with Crippen LogP contribution in [0.5, 0.6) is 5.75 Å². The van der Waals surface area contributed by atoms with Crippen molar-refractivity contribution < 1.29 is 14.3 Å². The summed E-state index contributed by atoms with van der Waals surface area (Å²) in [5, 5.41) is 3.60. The quantitative estimate of drug-likeness (QED) is 0.666. The minimum atomic E-state index is -0.602. The van der Waals surface area contributed by atoms with Crippen LogP contribution in [0.15, 0.2) is 60.7 Å². The van der Waals surface area contributed by atoms with Crippen molar-refractivity contribution in [3.05, 3.63) is 71.2 Å². The molecule has 0 radical (unpaired) electrons. The third-order valence-electron chi connectivity index (χ3n) is 3.47. The number of halogens is 1. The molecular formula is C19H15ClN2O3S. The van der Waals surface area contributed by atoms with Gasteiger partial charge in [0.15, 0.2) is 6.61 Å². The van der Waals surface area contributed by atoms with Crippen molar-refractivity contribution in [3.8, 4) is 16.2 Å². The third-order valence-corrected chi connectivity index (χ3v) is 4.81. The van der Waals surface area contributed by atoms with Crippen molar-refractivity contribution in [2.45, 2.75) is 0 Å². The number of anilines is 1. The maximum Gasteiger partial charge on any atom is 0.262 e. The van der Waals surface area contributed by atoms with Gasteiger partial charge in [-0.15, -0.1) is 11.3 Å². The van der Waals surface area contributed by atoms with Crippen molar-refractivity contribution >= 4 is 39.8 Å². The Balaban J connectivity index is 1.73. The van der Waals surface area contributed by atoms with Crippen LogP contribution < -0.4 is 15.8 Å². The lowest BCUT2D eigenvalue weighted by Crippen LogP contribution is -2.21. The maximum absolute atomic E-state index is 12.2. The van der Waals surface area contributed by atoms with Crippen LogP contribution in [0.3, 0.4) is 0 Å². The van der Waals surface area contributed by atoms with Gasteiger partial charge in [-0.05, 0) is 29.8 Å². The Kier molecular flexibility index (Phi) is 5.55. The van der Waals surface area contributed by atoms with Crippen molar-refractivity contribution in [1.29, 1.82) is 0 Å². The van der Waals surface area contributed by atoms with Crippen molar-refractivity contribution in [3.63, 3.8) is 0 Å². The molecule has 26 heavy (non-hydrogen) atoms. The number of thiophene rings is 1. The lowest BCUT2D eigenvalue weighted by molar-refractivity contribution is -0.118. The normalized spacial score (nSPS) is 10.3. The Morgan fingerprint density at radius 1 is 1.08 bits per heavy atom. The molecule has 1 heterocycles. The Hall–Kier alpha value is -2.83. The molecule has 0 saturated carbocycles. The molecule has 0 spiro atoms.